The summed E-state index contributed by atoms with van der Waals surface area (Å²) in [7, 11) is 0. The molecule has 4 nitrogen and oxygen atoms in total. The van der Waals surface area contributed by atoms with Crippen LogP contribution in [0.5, 0.6) is 0 Å². The van der Waals surface area contributed by atoms with Gasteiger partial charge in [0.25, 0.3) is 0 Å². The van der Waals surface area contributed by atoms with Gasteiger partial charge in [-0.05, 0) is 47.4 Å². The van der Waals surface area contributed by atoms with Crippen LogP contribution in [0.25, 0.3) is 54.9 Å². The first-order valence-electron chi connectivity index (χ1n) is 12.7. The average molecular weight is 490 g/mol. The van der Waals surface area contributed by atoms with Gasteiger partial charge in [0.15, 0.2) is 6.21 Å². The normalized spacial score (nSPS) is 12.1. The Balaban J connectivity index is 1.53. The summed E-state index contributed by atoms with van der Waals surface area (Å²) in [6, 6.07) is 39.6. The molecule has 2 aromatic heterocycles. The highest BCUT2D eigenvalue weighted by atomic mass is 15.0. The van der Waals surface area contributed by atoms with Gasteiger partial charge in [0.1, 0.15) is 5.70 Å². The van der Waals surface area contributed by atoms with Crippen LogP contribution >= 0.6 is 0 Å². The molecule has 2 heterocycles. The smallest absolute Gasteiger partial charge is 0.184 e. The van der Waals surface area contributed by atoms with E-state index in [1.807, 2.05) is 42.5 Å². The van der Waals surface area contributed by atoms with Crippen LogP contribution in [0.4, 0.5) is 0 Å². The highest BCUT2D eigenvalue weighted by molar-refractivity contribution is 6.26. The number of para-hydroxylation sites is 2. The summed E-state index contributed by atoms with van der Waals surface area (Å²) in [4.78, 5) is 0. The van der Waals surface area contributed by atoms with Crippen molar-refractivity contribution < 1.29 is 5.41 Å². The maximum Gasteiger partial charge on any atom is 0.184 e. The van der Waals surface area contributed by atoms with E-state index >= 15 is 0 Å². The minimum atomic E-state index is 0.413. The summed E-state index contributed by atoms with van der Waals surface area (Å²) < 4.78 is 4.43. The molecule has 0 saturated heterocycles. The van der Waals surface area contributed by atoms with Gasteiger partial charge in [-0.25, -0.2) is 0 Å². The predicted molar refractivity (Wildman–Crippen MR) is 159 cm³/mol. The first-order chi connectivity index (χ1) is 18.7. The van der Waals surface area contributed by atoms with Crippen LogP contribution < -0.4 is 5.41 Å². The Hall–Kier alpha value is -5.22. The van der Waals surface area contributed by atoms with Crippen LogP contribution in [0, 0.1) is 5.41 Å². The maximum atomic E-state index is 8.77. The van der Waals surface area contributed by atoms with Crippen molar-refractivity contribution in [2.24, 2.45) is 0 Å². The third kappa shape index (κ3) is 3.31. The summed E-state index contributed by atoms with van der Waals surface area (Å²) in [6.07, 6.45) is 5.59. The maximum absolute atomic E-state index is 8.77. The van der Waals surface area contributed by atoms with E-state index in [2.05, 4.69) is 94.2 Å². The van der Waals surface area contributed by atoms with E-state index in [1.54, 1.807) is 6.21 Å². The fraction of sp³-hybridized carbons (Fsp3) is 0. The molecule has 7 aromatic rings. The second kappa shape index (κ2) is 8.71. The molecular weight excluding hydrogens is 464 g/mol. The minimum absolute atomic E-state index is 0.413. The topological polar surface area (TPSA) is 59.3 Å². The number of aromatic nitrogens is 2. The molecule has 3 N–H and O–H groups in total. The molecule has 0 fully saturated rings. The number of rotatable bonds is 5. The van der Waals surface area contributed by atoms with Gasteiger partial charge in [0, 0.05) is 33.4 Å². The van der Waals surface area contributed by atoms with Gasteiger partial charge in [-0.3, -0.25) is 5.41 Å². The number of nitrogens with two attached hydrogens (primary N) is 1. The van der Waals surface area contributed by atoms with Gasteiger partial charge in [0.05, 0.1) is 22.3 Å². The Kier molecular flexibility index (Phi) is 5.05. The Labute approximate surface area is 219 Å². The van der Waals surface area contributed by atoms with E-state index in [9.17, 15) is 0 Å². The van der Waals surface area contributed by atoms with Gasteiger partial charge in [0.2, 0.25) is 0 Å². The SMILES string of the molecule is N=C(/C=C(\C=[NH2+])n1c2ccccc2c2ccc3c4ccn(-c5ccccc5)c4ccc3c21)c1ccccc1. The van der Waals surface area contributed by atoms with Crippen LogP contribution in [0.15, 0.2) is 128 Å². The fourth-order valence-electron chi connectivity index (χ4n) is 5.61. The Morgan fingerprint density at radius 2 is 1.24 bits per heavy atom. The van der Waals surface area contributed by atoms with Crippen LogP contribution in [0.2, 0.25) is 0 Å². The van der Waals surface area contributed by atoms with E-state index in [0.29, 0.717) is 5.71 Å². The van der Waals surface area contributed by atoms with Gasteiger partial charge in [-0.1, -0.05) is 84.9 Å². The molecule has 5 aromatic carbocycles. The lowest BCUT2D eigenvalue weighted by Gasteiger charge is -2.11. The zero-order valence-electron chi connectivity index (χ0n) is 20.7. The van der Waals surface area contributed by atoms with E-state index in [4.69, 9.17) is 10.8 Å². The third-order valence-corrected chi connectivity index (χ3v) is 7.34. The van der Waals surface area contributed by atoms with Crippen LogP contribution in [-0.2, 0) is 0 Å². The molecule has 38 heavy (non-hydrogen) atoms. The first kappa shape index (κ1) is 22.0. The molecule has 0 radical (unpaired) electrons. The molecular formula is C34H25N4+. The number of nitrogens with one attached hydrogen (secondary N) is 1. The number of hydrogen-bond donors (Lipinski definition) is 2. The summed E-state index contributed by atoms with van der Waals surface area (Å²) >= 11 is 0. The Morgan fingerprint density at radius 1 is 0.605 bits per heavy atom. The molecule has 0 atom stereocenters. The number of fused-ring (bicyclic) bond motifs is 7. The highest BCUT2D eigenvalue weighted by Gasteiger charge is 2.18. The fourth-order valence-corrected chi connectivity index (χ4v) is 5.61. The molecule has 0 aliphatic heterocycles. The standard InChI is InChI=1S/C34H24N4/c35-22-25(21-31(36)23-9-3-1-4-10-23)38-33-14-8-7-13-27(33)30-16-15-26-28-19-20-37(24-11-5-2-6-12-24)32(28)18-17-29(26)34(30)38/h1-22,35-36H/p+1/b25-21+,35-22?,36-31?. The van der Waals surface area contributed by atoms with Gasteiger partial charge >= 0.3 is 0 Å². The van der Waals surface area contributed by atoms with Crippen molar-refractivity contribution in [3.8, 4) is 5.69 Å². The lowest BCUT2D eigenvalue weighted by Crippen LogP contribution is -2.31. The molecule has 0 aliphatic carbocycles. The Morgan fingerprint density at radius 3 is 2.03 bits per heavy atom. The summed E-state index contributed by atoms with van der Waals surface area (Å²) in [5.74, 6) is 0. The van der Waals surface area contributed by atoms with E-state index in [1.165, 1.54) is 10.8 Å². The molecule has 180 valence electrons. The average Bonchev–Trinajstić information content (AvgIpc) is 3.56. The lowest BCUT2D eigenvalue weighted by molar-refractivity contribution is -0.103. The van der Waals surface area contributed by atoms with Crippen LogP contribution in [0.3, 0.4) is 0 Å². The first-order valence-corrected chi connectivity index (χ1v) is 12.7. The summed E-state index contributed by atoms with van der Waals surface area (Å²) in [5, 5.41) is 20.9. The second-order valence-electron chi connectivity index (χ2n) is 9.44. The molecule has 0 saturated carbocycles. The molecule has 4 heteroatoms. The third-order valence-electron chi connectivity index (χ3n) is 7.34. The zero-order chi connectivity index (χ0) is 25.6. The number of nitrogens with zero attached hydrogens (tertiary/aromatic N) is 2. The highest BCUT2D eigenvalue weighted by Crippen LogP contribution is 2.38. The zero-order valence-corrected chi connectivity index (χ0v) is 20.7. The molecule has 0 aliphatic rings. The van der Waals surface area contributed by atoms with E-state index < -0.39 is 0 Å². The van der Waals surface area contributed by atoms with Crippen molar-refractivity contribution in [2.45, 2.75) is 0 Å². The van der Waals surface area contributed by atoms with Crippen LogP contribution in [0.1, 0.15) is 5.56 Å². The molecule has 0 bridgehead atoms. The summed E-state index contributed by atoms with van der Waals surface area (Å²) in [6.45, 7) is 0. The summed E-state index contributed by atoms with van der Waals surface area (Å²) in [5.41, 5.74) is 6.48. The van der Waals surface area contributed by atoms with E-state index in [-0.39, 0.29) is 0 Å². The van der Waals surface area contributed by atoms with Crippen molar-refractivity contribution in [1.29, 1.82) is 5.41 Å². The molecule has 0 spiro atoms. The van der Waals surface area contributed by atoms with Crippen LogP contribution in [-0.4, -0.2) is 21.1 Å². The van der Waals surface area contributed by atoms with Crippen molar-refractivity contribution in [3.63, 3.8) is 0 Å². The predicted octanol–water partition coefficient (Wildman–Crippen LogP) is 6.63. The minimum Gasteiger partial charge on any atom is -0.317 e. The Bertz CT molecular complexity index is 2040. The van der Waals surface area contributed by atoms with Gasteiger partial charge < -0.3 is 14.5 Å². The van der Waals surface area contributed by atoms with E-state index in [0.717, 1.165) is 49.7 Å². The number of allylic oxidation sites excluding steroid dienone is 2. The van der Waals surface area contributed by atoms with Crippen molar-refractivity contribution in [2.75, 3.05) is 0 Å². The monoisotopic (exact) mass is 489 g/mol. The molecule has 0 amide bonds. The van der Waals surface area contributed by atoms with Crippen molar-refractivity contribution in [1.82, 2.24) is 9.13 Å². The lowest BCUT2D eigenvalue weighted by atomic mass is 10.0. The number of benzene rings is 5. The van der Waals surface area contributed by atoms with Gasteiger partial charge in [-0.2, -0.15) is 0 Å². The van der Waals surface area contributed by atoms with Crippen molar-refractivity contribution >= 4 is 61.1 Å². The largest absolute Gasteiger partial charge is 0.317 e. The second-order valence-corrected chi connectivity index (χ2v) is 9.44. The quantitative estimate of drug-likeness (QED) is 0.255. The van der Waals surface area contributed by atoms with Crippen molar-refractivity contribution in [3.05, 3.63) is 133 Å². The number of hydrogen-bond acceptors (Lipinski definition) is 1. The molecule has 0 unspecified atom stereocenters. The van der Waals surface area contributed by atoms with Gasteiger partial charge in [-0.15, -0.1) is 0 Å². The molecule has 7 rings (SSSR count).